The third-order valence-corrected chi connectivity index (χ3v) is 4.61. The molecule has 0 aliphatic heterocycles. The van der Waals surface area contributed by atoms with Crippen LogP contribution in [0.15, 0.2) is 28.7 Å². The van der Waals surface area contributed by atoms with Gasteiger partial charge in [-0.2, -0.15) is 0 Å². The predicted molar refractivity (Wildman–Crippen MR) is 87.2 cm³/mol. The number of rotatable bonds is 7. The van der Waals surface area contributed by atoms with Gasteiger partial charge in [0.2, 0.25) is 5.91 Å². The molecule has 0 saturated heterocycles. The fourth-order valence-electron chi connectivity index (χ4n) is 2.76. The van der Waals surface area contributed by atoms with Crippen molar-refractivity contribution in [2.45, 2.75) is 38.1 Å². The summed E-state index contributed by atoms with van der Waals surface area (Å²) in [6, 6.07) is 8.00. The number of halogens is 1. The van der Waals surface area contributed by atoms with E-state index in [1.165, 1.54) is 0 Å². The molecule has 1 aromatic carbocycles. The van der Waals surface area contributed by atoms with Crippen LogP contribution in [0.2, 0.25) is 0 Å². The third kappa shape index (κ3) is 5.00. The van der Waals surface area contributed by atoms with Gasteiger partial charge in [-0.1, -0.05) is 18.6 Å². The summed E-state index contributed by atoms with van der Waals surface area (Å²) in [7, 11) is 0. The molecule has 1 aromatic rings. The van der Waals surface area contributed by atoms with Crippen LogP contribution in [0, 0.1) is 5.92 Å². The zero-order valence-corrected chi connectivity index (χ0v) is 13.8. The molecule has 1 saturated carbocycles. The van der Waals surface area contributed by atoms with Gasteiger partial charge in [-0.25, -0.2) is 0 Å². The number of hydrogen-bond donors (Lipinski definition) is 2. The number of amides is 1. The molecule has 116 valence electrons. The van der Waals surface area contributed by atoms with E-state index in [0.29, 0.717) is 31.9 Å². The fourth-order valence-corrected chi connectivity index (χ4v) is 3.16. The van der Waals surface area contributed by atoms with Gasteiger partial charge in [-0.05, 0) is 59.8 Å². The van der Waals surface area contributed by atoms with Crippen molar-refractivity contribution in [1.82, 2.24) is 5.32 Å². The van der Waals surface area contributed by atoms with Gasteiger partial charge in [-0.3, -0.25) is 4.79 Å². The zero-order valence-electron chi connectivity index (χ0n) is 12.2. The Morgan fingerprint density at radius 2 is 2.19 bits per heavy atom. The first kappa shape index (κ1) is 16.3. The highest BCUT2D eigenvalue weighted by molar-refractivity contribution is 9.10. The van der Waals surface area contributed by atoms with E-state index in [1.807, 2.05) is 24.3 Å². The molecule has 5 heteroatoms. The van der Waals surface area contributed by atoms with E-state index >= 15 is 0 Å². The van der Waals surface area contributed by atoms with Gasteiger partial charge in [0.25, 0.3) is 0 Å². The Labute approximate surface area is 134 Å². The van der Waals surface area contributed by atoms with E-state index in [1.54, 1.807) is 0 Å². The molecule has 2 rings (SSSR count). The number of hydrogen-bond acceptors (Lipinski definition) is 3. The number of carbonyl (C=O) groups is 1. The van der Waals surface area contributed by atoms with Crippen molar-refractivity contribution in [3.8, 4) is 5.75 Å². The maximum Gasteiger partial charge on any atom is 0.220 e. The summed E-state index contributed by atoms with van der Waals surface area (Å²) in [5.41, 5.74) is 5.72. The third-order valence-electron chi connectivity index (χ3n) is 3.95. The van der Waals surface area contributed by atoms with Crippen molar-refractivity contribution in [1.29, 1.82) is 0 Å². The molecule has 2 unspecified atom stereocenters. The largest absolute Gasteiger partial charge is 0.492 e. The minimum absolute atomic E-state index is 0.107. The molecular weight excluding hydrogens is 332 g/mol. The molecule has 3 N–H and O–H groups in total. The van der Waals surface area contributed by atoms with Crippen molar-refractivity contribution in [2.75, 3.05) is 13.2 Å². The Hall–Kier alpha value is -1.07. The monoisotopic (exact) mass is 354 g/mol. The average molecular weight is 355 g/mol. The lowest BCUT2D eigenvalue weighted by Crippen LogP contribution is -2.39. The molecule has 2 atom stereocenters. The molecule has 1 aliphatic carbocycles. The highest BCUT2D eigenvalue weighted by atomic mass is 79.9. The van der Waals surface area contributed by atoms with E-state index in [4.69, 9.17) is 10.5 Å². The Bertz CT molecular complexity index is 467. The van der Waals surface area contributed by atoms with Gasteiger partial charge in [-0.15, -0.1) is 0 Å². The van der Waals surface area contributed by atoms with Crippen LogP contribution >= 0.6 is 15.9 Å². The lowest BCUT2D eigenvalue weighted by Gasteiger charge is -2.19. The van der Waals surface area contributed by atoms with Crippen LogP contribution in [0.3, 0.4) is 0 Å². The number of ether oxygens (including phenoxy) is 1. The maximum absolute atomic E-state index is 11.9. The first-order valence-electron chi connectivity index (χ1n) is 7.57. The van der Waals surface area contributed by atoms with Crippen molar-refractivity contribution < 1.29 is 9.53 Å². The summed E-state index contributed by atoms with van der Waals surface area (Å²) in [5.74, 6) is 1.37. The number of para-hydroxylation sites is 1. The van der Waals surface area contributed by atoms with Crippen molar-refractivity contribution in [2.24, 2.45) is 11.7 Å². The van der Waals surface area contributed by atoms with E-state index in [9.17, 15) is 4.79 Å². The molecule has 1 aliphatic rings. The lowest BCUT2D eigenvalue weighted by molar-refractivity contribution is -0.122. The van der Waals surface area contributed by atoms with Crippen molar-refractivity contribution >= 4 is 21.8 Å². The molecule has 1 amide bonds. The summed E-state index contributed by atoms with van der Waals surface area (Å²) >= 11 is 3.43. The van der Waals surface area contributed by atoms with Crippen LogP contribution in [0.25, 0.3) is 0 Å². The minimum atomic E-state index is 0.107. The van der Waals surface area contributed by atoms with E-state index in [0.717, 1.165) is 29.5 Å². The molecule has 0 spiro atoms. The van der Waals surface area contributed by atoms with Gasteiger partial charge >= 0.3 is 0 Å². The second-order valence-electron chi connectivity index (χ2n) is 5.48. The van der Waals surface area contributed by atoms with Crippen LogP contribution in [0.4, 0.5) is 0 Å². The zero-order chi connectivity index (χ0) is 15.1. The van der Waals surface area contributed by atoms with Gasteiger partial charge in [0.1, 0.15) is 5.75 Å². The number of nitrogens with one attached hydrogen (secondary N) is 1. The molecule has 0 radical (unpaired) electrons. The second-order valence-corrected chi connectivity index (χ2v) is 6.34. The highest BCUT2D eigenvalue weighted by Crippen LogP contribution is 2.25. The number of nitrogens with two attached hydrogens (primary N) is 1. The Morgan fingerprint density at radius 3 is 2.95 bits per heavy atom. The van der Waals surface area contributed by atoms with E-state index in [2.05, 4.69) is 21.2 Å². The topological polar surface area (TPSA) is 64.3 Å². The molecular formula is C16H23BrN2O2. The maximum atomic E-state index is 11.9. The SMILES string of the molecule is NCC1CCCC1NC(=O)CCCOc1ccccc1Br. The first-order chi connectivity index (χ1) is 10.2. The van der Waals surface area contributed by atoms with Gasteiger partial charge in [0, 0.05) is 12.5 Å². The first-order valence-corrected chi connectivity index (χ1v) is 8.36. The summed E-state index contributed by atoms with van der Waals surface area (Å²) in [6.07, 6.45) is 4.57. The molecule has 0 aromatic heterocycles. The molecule has 0 bridgehead atoms. The number of carbonyl (C=O) groups excluding carboxylic acids is 1. The van der Waals surface area contributed by atoms with Crippen molar-refractivity contribution in [3.63, 3.8) is 0 Å². The highest BCUT2D eigenvalue weighted by Gasteiger charge is 2.26. The average Bonchev–Trinajstić information content (AvgIpc) is 2.92. The van der Waals surface area contributed by atoms with Gasteiger partial charge in [0.05, 0.1) is 11.1 Å². The van der Waals surface area contributed by atoms with Crippen LogP contribution in [-0.2, 0) is 4.79 Å². The Balaban J connectivity index is 1.64. The molecule has 1 fully saturated rings. The quantitative estimate of drug-likeness (QED) is 0.740. The van der Waals surface area contributed by atoms with Crippen LogP contribution < -0.4 is 15.8 Å². The summed E-state index contributed by atoms with van der Waals surface area (Å²) in [4.78, 5) is 11.9. The van der Waals surface area contributed by atoms with Gasteiger partial charge < -0.3 is 15.8 Å². The predicted octanol–water partition coefficient (Wildman–Crippen LogP) is 2.85. The summed E-state index contributed by atoms with van der Waals surface area (Å²) in [5, 5.41) is 3.11. The normalized spacial score (nSPS) is 21.2. The van der Waals surface area contributed by atoms with E-state index in [-0.39, 0.29) is 11.9 Å². The van der Waals surface area contributed by atoms with Crippen LogP contribution in [0.5, 0.6) is 5.75 Å². The standard InChI is InChI=1S/C16H23BrN2O2/c17-13-6-1-2-8-15(13)21-10-4-9-16(20)19-14-7-3-5-12(14)11-18/h1-2,6,8,12,14H,3-5,7,9-11,18H2,(H,19,20). The Morgan fingerprint density at radius 1 is 1.38 bits per heavy atom. The smallest absolute Gasteiger partial charge is 0.220 e. The summed E-state index contributed by atoms with van der Waals surface area (Å²) < 4.78 is 6.59. The minimum Gasteiger partial charge on any atom is -0.492 e. The summed E-state index contributed by atoms with van der Waals surface area (Å²) in [6.45, 7) is 1.21. The fraction of sp³-hybridized carbons (Fsp3) is 0.562. The van der Waals surface area contributed by atoms with Crippen molar-refractivity contribution in [3.05, 3.63) is 28.7 Å². The molecule has 0 heterocycles. The second kappa shape index (κ2) is 8.39. The Kier molecular flexibility index (Phi) is 6.51. The lowest BCUT2D eigenvalue weighted by atomic mass is 10.0. The van der Waals surface area contributed by atoms with Gasteiger partial charge in [0.15, 0.2) is 0 Å². The molecule has 4 nitrogen and oxygen atoms in total. The number of benzene rings is 1. The molecule has 21 heavy (non-hydrogen) atoms. The van der Waals surface area contributed by atoms with Crippen LogP contribution in [0.1, 0.15) is 32.1 Å². The van der Waals surface area contributed by atoms with E-state index < -0.39 is 0 Å². The van der Waals surface area contributed by atoms with Crippen LogP contribution in [-0.4, -0.2) is 25.1 Å².